The summed E-state index contributed by atoms with van der Waals surface area (Å²) in [6.45, 7) is 4.33. The molecule has 0 bridgehead atoms. The maximum absolute atomic E-state index is 11.7. The van der Waals surface area contributed by atoms with Crippen molar-refractivity contribution in [3.63, 3.8) is 0 Å². The van der Waals surface area contributed by atoms with Gasteiger partial charge in [0.05, 0.1) is 13.2 Å². The lowest BCUT2D eigenvalue weighted by atomic mass is 10.0. The van der Waals surface area contributed by atoms with Crippen molar-refractivity contribution >= 4 is 11.6 Å². The van der Waals surface area contributed by atoms with Crippen molar-refractivity contribution in [3.05, 3.63) is 24.3 Å². The zero-order valence-corrected chi connectivity index (χ0v) is 13.6. The van der Waals surface area contributed by atoms with Crippen LogP contribution in [-0.2, 0) is 19.1 Å². The fraction of sp³-hybridized carbons (Fsp3) is 0.667. The average Bonchev–Trinajstić information content (AvgIpc) is 2.50. The van der Waals surface area contributed by atoms with Gasteiger partial charge in [-0.2, -0.15) is 0 Å². The number of carbonyl (C=O) groups is 2. The van der Waals surface area contributed by atoms with Gasteiger partial charge in [-0.05, 0) is 43.8 Å². The summed E-state index contributed by atoms with van der Waals surface area (Å²) >= 11 is 0. The van der Waals surface area contributed by atoms with E-state index in [2.05, 4.69) is 6.92 Å². The maximum atomic E-state index is 11.7. The van der Waals surface area contributed by atoms with E-state index in [-0.39, 0.29) is 11.6 Å². The zero-order valence-electron chi connectivity index (χ0n) is 13.6. The second-order valence-corrected chi connectivity index (χ2v) is 5.68. The predicted molar refractivity (Wildman–Crippen MR) is 86.8 cm³/mol. The molecule has 1 aliphatic heterocycles. The minimum Gasteiger partial charge on any atom is -0.379 e. The van der Waals surface area contributed by atoms with E-state index in [0.717, 1.165) is 25.7 Å². The standard InChI is InChI=1S/C18H28O4/c1-16-6-2-3-7-17(19)8-4-12-21-14-15-22-13-5-9-18(20)11-10-16/h3,7,10-11,16H,2,4-6,8-9,12-15H2,1H3/b7-3-,11-10-. The molecule has 0 amide bonds. The van der Waals surface area contributed by atoms with E-state index in [4.69, 9.17) is 9.47 Å². The van der Waals surface area contributed by atoms with Crippen molar-refractivity contribution in [3.8, 4) is 0 Å². The molecule has 1 atom stereocenters. The minimum atomic E-state index is 0.148. The van der Waals surface area contributed by atoms with Crippen LogP contribution in [0.5, 0.6) is 0 Å². The Morgan fingerprint density at radius 1 is 0.909 bits per heavy atom. The number of carbonyl (C=O) groups excluding carboxylic acids is 2. The van der Waals surface area contributed by atoms with Crippen LogP contribution in [0, 0.1) is 5.92 Å². The van der Waals surface area contributed by atoms with E-state index >= 15 is 0 Å². The number of hydrogen-bond acceptors (Lipinski definition) is 4. The molecular weight excluding hydrogens is 280 g/mol. The quantitative estimate of drug-likeness (QED) is 0.689. The smallest absolute Gasteiger partial charge is 0.155 e. The van der Waals surface area contributed by atoms with Crippen molar-refractivity contribution in [1.82, 2.24) is 0 Å². The topological polar surface area (TPSA) is 52.6 Å². The Labute approximate surface area is 133 Å². The van der Waals surface area contributed by atoms with E-state index in [1.54, 1.807) is 12.2 Å². The van der Waals surface area contributed by atoms with Crippen molar-refractivity contribution in [1.29, 1.82) is 0 Å². The molecule has 0 fully saturated rings. The van der Waals surface area contributed by atoms with Crippen LogP contribution < -0.4 is 0 Å². The molecule has 4 nitrogen and oxygen atoms in total. The molecule has 0 spiro atoms. The van der Waals surface area contributed by atoms with Crippen LogP contribution in [0.15, 0.2) is 24.3 Å². The zero-order chi connectivity index (χ0) is 16.0. The Morgan fingerprint density at radius 3 is 2.14 bits per heavy atom. The highest BCUT2D eigenvalue weighted by molar-refractivity contribution is 5.89. The third kappa shape index (κ3) is 10.5. The molecule has 1 rings (SSSR count). The first kappa shape index (κ1) is 18.8. The van der Waals surface area contributed by atoms with Crippen LogP contribution in [0.2, 0.25) is 0 Å². The molecule has 0 aromatic carbocycles. The molecule has 1 unspecified atom stereocenters. The largest absolute Gasteiger partial charge is 0.379 e. The van der Waals surface area contributed by atoms with Crippen LogP contribution in [0.1, 0.15) is 45.4 Å². The van der Waals surface area contributed by atoms with Crippen molar-refractivity contribution in [2.24, 2.45) is 5.92 Å². The number of rotatable bonds is 0. The lowest BCUT2D eigenvalue weighted by Crippen LogP contribution is -2.07. The molecule has 0 aromatic heterocycles. The summed E-state index contributed by atoms with van der Waals surface area (Å²) in [6, 6.07) is 0. The highest BCUT2D eigenvalue weighted by atomic mass is 16.5. The van der Waals surface area contributed by atoms with E-state index < -0.39 is 0 Å². The van der Waals surface area contributed by atoms with Gasteiger partial charge in [-0.1, -0.05) is 19.1 Å². The van der Waals surface area contributed by atoms with Crippen molar-refractivity contribution < 1.29 is 19.1 Å². The van der Waals surface area contributed by atoms with Crippen molar-refractivity contribution in [2.75, 3.05) is 26.4 Å². The fourth-order valence-electron chi connectivity index (χ4n) is 2.13. The second kappa shape index (κ2) is 12.3. The molecule has 124 valence electrons. The third-order valence-corrected chi connectivity index (χ3v) is 3.50. The first-order valence-corrected chi connectivity index (χ1v) is 8.24. The van der Waals surface area contributed by atoms with Gasteiger partial charge < -0.3 is 9.47 Å². The van der Waals surface area contributed by atoms with Crippen molar-refractivity contribution in [2.45, 2.75) is 45.4 Å². The monoisotopic (exact) mass is 308 g/mol. The Kier molecular flexibility index (Phi) is 10.5. The predicted octanol–water partition coefficient (Wildman–Crippen LogP) is 3.26. The van der Waals surface area contributed by atoms with Crippen LogP contribution in [0.3, 0.4) is 0 Å². The van der Waals surface area contributed by atoms with E-state index in [1.165, 1.54) is 0 Å². The SMILES string of the molecule is CC1/C=C\C(=O)CCCOCCOCCCC(=O)/C=C\CC1. The highest BCUT2D eigenvalue weighted by Gasteiger charge is 2.01. The fourth-order valence-corrected chi connectivity index (χ4v) is 2.13. The maximum Gasteiger partial charge on any atom is 0.155 e. The molecule has 0 saturated carbocycles. The van der Waals surface area contributed by atoms with E-state index in [1.807, 2.05) is 12.2 Å². The number of allylic oxidation sites excluding steroid dienone is 4. The van der Waals surface area contributed by atoms with Crippen LogP contribution in [0.4, 0.5) is 0 Å². The molecule has 0 radical (unpaired) electrons. The summed E-state index contributed by atoms with van der Waals surface area (Å²) in [6.07, 6.45) is 11.6. The minimum absolute atomic E-state index is 0.148. The molecule has 0 aromatic rings. The molecule has 0 aliphatic carbocycles. The lowest BCUT2D eigenvalue weighted by molar-refractivity contribution is -0.115. The highest BCUT2D eigenvalue weighted by Crippen LogP contribution is 2.09. The second-order valence-electron chi connectivity index (χ2n) is 5.68. The first-order chi connectivity index (χ1) is 10.7. The summed E-state index contributed by atoms with van der Waals surface area (Å²) in [4.78, 5) is 23.3. The molecule has 4 heteroatoms. The van der Waals surface area contributed by atoms with Gasteiger partial charge in [-0.15, -0.1) is 0 Å². The number of ketones is 2. The summed E-state index contributed by atoms with van der Waals surface area (Å²) in [5.74, 6) is 0.641. The van der Waals surface area contributed by atoms with Gasteiger partial charge >= 0.3 is 0 Å². The summed E-state index contributed by atoms with van der Waals surface area (Å²) in [7, 11) is 0. The Morgan fingerprint density at radius 2 is 1.50 bits per heavy atom. The molecule has 1 heterocycles. The van der Waals surface area contributed by atoms with Crippen LogP contribution in [-0.4, -0.2) is 38.0 Å². The average molecular weight is 308 g/mol. The number of hydrogen-bond donors (Lipinski definition) is 0. The molecule has 1 aliphatic rings. The third-order valence-electron chi connectivity index (χ3n) is 3.50. The van der Waals surface area contributed by atoms with Gasteiger partial charge in [0.25, 0.3) is 0 Å². The lowest BCUT2D eigenvalue weighted by Gasteiger charge is -2.05. The molecule has 0 saturated heterocycles. The normalized spacial score (nSPS) is 27.4. The Balaban J connectivity index is 2.41. The van der Waals surface area contributed by atoms with E-state index in [0.29, 0.717) is 45.2 Å². The van der Waals surface area contributed by atoms with Gasteiger partial charge in [0.1, 0.15) is 0 Å². The van der Waals surface area contributed by atoms with Gasteiger partial charge in [-0.3, -0.25) is 9.59 Å². The Hall–Kier alpha value is -1.26. The first-order valence-electron chi connectivity index (χ1n) is 8.24. The Bertz CT molecular complexity index is 385. The molecular formula is C18H28O4. The molecule has 22 heavy (non-hydrogen) atoms. The van der Waals surface area contributed by atoms with Gasteiger partial charge in [0.15, 0.2) is 11.6 Å². The van der Waals surface area contributed by atoms with Gasteiger partial charge in [0, 0.05) is 26.1 Å². The van der Waals surface area contributed by atoms with Crippen LogP contribution >= 0.6 is 0 Å². The summed E-state index contributed by atoms with van der Waals surface area (Å²) in [5, 5.41) is 0. The van der Waals surface area contributed by atoms with Gasteiger partial charge in [-0.25, -0.2) is 0 Å². The van der Waals surface area contributed by atoms with Gasteiger partial charge in [0.2, 0.25) is 0 Å². The van der Waals surface area contributed by atoms with Crippen LogP contribution in [0.25, 0.3) is 0 Å². The summed E-state index contributed by atoms with van der Waals surface area (Å²) < 4.78 is 10.8. The number of ether oxygens (including phenoxy) is 2. The summed E-state index contributed by atoms with van der Waals surface area (Å²) in [5.41, 5.74) is 0. The molecule has 0 N–H and O–H groups in total. The van der Waals surface area contributed by atoms with E-state index in [9.17, 15) is 9.59 Å².